The minimum Gasteiger partial charge on any atom is -0.338 e. The fourth-order valence-electron chi connectivity index (χ4n) is 4.29. The first-order chi connectivity index (χ1) is 14.1. The van der Waals surface area contributed by atoms with Crippen molar-refractivity contribution in [3.63, 3.8) is 0 Å². The number of fused-ring (bicyclic) bond motifs is 5. The van der Waals surface area contributed by atoms with E-state index in [0.29, 0.717) is 6.54 Å². The molecule has 1 aromatic heterocycles. The second kappa shape index (κ2) is 7.17. The molecule has 1 aliphatic carbocycles. The van der Waals surface area contributed by atoms with E-state index in [4.69, 9.17) is 4.18 Å². The minimum atomic E-state index is -3.76. The number of para-hydroxylation sites is 1. The maximum Gasteiger partial charge on any atom is 0.297 e. The summed E-state index contributed by atoms with van der Waals surface area (Å²) in [6, 6.07) is 25.1. The van der Waals surface area contributed by atoms with Crippen molar-refractivity contribution in [1.82, 2.24) is 4.57 Å². The largest absolute Gasteiger partial charge is 0.338 e. The Morgan fingerprint density at radius 2 is 1.55 bits per heavy atom. The van der Waals surface area contributed by atoms with Crippen LogP contribution in [0.25, 0.3) is 22.2 Å². The molecule has 0 spiro atoms. The van der Waals surface area contributed by atoms with Crippen LogP contribution in [0.4, 0.5) is 0 Å². The van der Waals surface area contributed by atoms with Gasteiger partial charge in [0, 0.05) is 23.0 Å². The molecule has 1 aliphatic rings. The van der Waals surface area contributed by atoms with Crippen LogP contribution in [0, 0.1) is 0 Å². The van der Waals surface area contributed by atoms with Crippen LogP contribution in [-0.4, -0.2) is 19.6 Å². The third kappa shape index (κ3) is 3.16. The monoisotopic (exact) mass is 403 g/mol. The normalized spacial score (nSPS) is 13.2. The highest BCUT2D eigenvalue weighted by molar-refractivity contribution is 7.86. The summed E-state index contributed by atoms with van der Waals surface area (Å²) in [4.78, 5) is 0.185. The number of aromatic nitrogens is 1. The maximum atomic E-state index is 12.5. The summed E-state index contributed by atoms with van der Waals surface area (Å²) in [5.74, 6) is 0. The fourth-order valence-corrected chi connectivity index (χ4v) is 5.21. The molecule has 0 saturated heterocycles. The van der Waals surface area contributed by atoms with Gasteiger partial charge in [0.15, 0.2) is 0 Å². The van der Waals surface area contributed by atoms with Crippen molar-refractivity contribution >= 4 is 21.0 Å². The molecule has 0 bridgehead atoms. The first-order valence-corrected chi connectivity index (χ1v) is 11.2. The molecule has 29 heavy (non-hydrogen) atoms. The summed E-state index contributed by atoms with van der Waals surface area (Å²) >= 11 is 0. The van der Waals surface area contributed by atoms with Gasteiger partial charge in [0.05, 0.1) is 17.2 Å². The zero-order valence-electron chi connectivity index (χ0n) is 15.9. The van der Waals surface area contributed by atoms with Gasteiger partial charge in [-0.1, -0.05) is 60.7 Å². The van der Waals surface area contributed by atoms with Crippen molar-refractivity contribution in [3.05, 3.63) is 90.0 Å². The van der Waals surface area contributed by atoms with Crippen LogP contribution in [0.15, 0.2) is 83.8 Å². The lowest BCUT2D eigenvalue weighted by molar-refractivity contribution is 0.303. The van der Waals surface area contributed by atoms with Crippen molar-refractivity contribution in [2.45, 2.75) is 24.3 Å². The second-order valence-corrected chi connectivity index (χ2v) is 8.86. The molecule has 0 fully saturated rings. The Morgan fingerprint density at radius 1 is 0.828 bits per heavy atom. The van der Waals surface area contributed by atoms with E-state index in [9.17, 15) is 8.42 Å². The quantitative estimate of drug-likeness (QED) is 0.449. The van der Waals surface area contributed by atoms with Crippen molar-refractivity contribution in [2.24, 2.45) is 0 Å². The Labute approximate surface area is 170 Å². The van der Waals surface area contributed by atoms with E-state index in [-0.39, 0.29) is 11.5 Å². The van der Waals surface area contributed by atoms with Crippen LogP contribution in [0.2, 0.25) is 0 Å². The molecule has 0 saturated carbocycles. The smallest absolute Gasteiger partial charge is 0.297 e. The predicted octanol–water partition coefficient (Wildman–Crippen LogP) is 4.81. The third-order valence-corrected chi connectivity index (χ3v) is 6.90. The van der Waals surface area contributed by atoms with E-state index in [1.54, 1.807) is 30.3 Å². The Hall–Kier alpha value is -2.89. The number of hydrogen-bond acceptors (Lipinski definition) is 3. The van der Waals surface area contributed by atoms with E-state index in [0.717, 1.165) is 18.4 Å². The van der Waals surface area contributed by atoms with Gasteiger partial charge in [-0.3, -0.25) is 4.18 Å². The molecule has 5 heteroatoms. The summed E-state index contributed by atoms with van der Waals surface area (Å²) in [6.45, 7) is 0.556. The van der Waals surface area contributed by atoms with Crippen molar-refractivity contribution in [2.75, 3.05) is 6.61 Å². The highest BCUT2D eigenvalue weighted by Gasteiger charge is 2.24. The molecule has 0 unspecified atom stereocenters. The maximum absolute atomic E-state index is 12.5. The van der Waals surface area contributed by atoms with Gasteiger partial charge >= 0.3 is 0 Å². The molecular formula is C24H21NO3S. The van der Waals surface area contributed by atoms with Gasteiger partial charge < -0.3 is 4.57 Å². The van der Waals surface area contributed by atoms with Crippen molar-refractivity contribution in [3.8, 4) is 11.3 Å². The molecule has 4 nitrogen and oxygen atoms in total. The summed E-state index contributed by atoms with van der Waals surface area (Å²) in [6.07, 6.45) is 2.01. The van der Waals surface area contributed by atoms with Gasteiger partial charge in [0.2, 0.25) is 0 Å². The lowest BCUT2D eigenvalue weighted by Crippen LogP contribution is -2.14. The fraction of sp³-hybridized carbons (Fsp3) is 0.167. The van der Waals surface area contributed by atoms with E-state index in [2.05, 4.69) is 47.0 Å². The highest BCUT2D eigenvalue weighted by atomic mass is 32.2. The first-order valence-electron chi connectivity index (χ1n) is 9.78. The standard InChI is InChI=1S/C24H21NO3S/c26-29(27,19-9-2-1-3-10-19)28-17-16-25-23-13-7-6-12-21(23)22-15-14-18-8-4-5-11-20(18)24(22)25/h1-13H,14-17H2. The lowest BCUT2D eigenvalue weighted by Gasteiger charge is -2.20. The van der Waals surface area contributed by atoms with Crippen LogP contribution >= 0.6 is 0 Å². The van der Waals surface area contributed by atoms with Crippen molar-refractivity contribution < 1.29 is 12.6 Å². The van der Waals surface area contributed by atoms with Crippen LogP contribution in [0.1, 0.15) is 11.1 Å². The molecule has 0 N–H and O–H groups in total. The van der Waals surface area contributed by atoms with E-state index < -0.39 is 10.1 Å². The predicted molar refractivity (Wildman–Crippen MR) is 114 cm³/mol. The molecule has 4 aromatic rings. The van der Waals surface area contributed by atoms with Gasteiger partial charge in [0.1, 0.15) is 0 Å². The van der Waals surface area contributed by atoms with Crippen LogP contribution in [-0.2, 0) is 33.7 Å². The Kier molecular flexibility index (Phi) is 4.49. The number of hydrogen-bond donors (Lipinski definition) is 0. The van der Waals surface area contributed by atoms with Gasteiger partial charge in [-0.2, -0.15) is 8.42 Å². The Bertz CT molecular complexity index is 1290. The third-order valence-electron chi connectivity index (χ3n) is 5.58. The van der Waals surface area contributed by atoms with E-state index >= 15 is 0 Å². The molecular weight excluding hydrogens is 382 g/mol. The zero-order valence-corrected chi connectivity index (χ0v) is 16.7. The van der Waals surface area contributed by atoms with Gasteiger partial charge in [-0.05, 0) is 42.2 Å². The zero-order chi connectivity index (χ0) is 19.8. The SMILES string of the molecule is O=S(=O)(OCCn1c2c(c3ccccc31)CCc1ccccc1-2)c1ccccc1. The number of nitrogens with zero attached hydrogens (tertiary/aromatic N) is 1. The summed E-state index contributed by atoms with van der Waals surface area (Å²) in [5.41, 5.74) is 6.21. The molecule has 0 amide bonds. The lowest BCUT2D eigenvalue weighted by atomic mass is 9.89. The number of rotatable bonds is 5. The van der Waals surface area contributed by atoms with Crippen molar-refractivity contribution in [1.29, 1.82) is 0 Å². The minimum absolute atomic E-state index is 0.0878. The molecule has 5 rings (SSSR count). The average molecular weight is 404 g/mol. The summed E-state index contributed by atoms with van der Waals surface area (Å²) in [5, 5.41) is 1.24. The molecule has 1 heterocycles. The topological polar surface area (TPSA) is 48.3 Å². The Morgan fingerprint density at radius 3 is 2.41 bits per heavy atom. The molecule has 0 radical (unpaired) electrons. The number of benzene rings is 3. The summed E-state index contributed by atoms with van der Waals surface area (Å²) in [7, 11) is -3.76. The highest BCUT2D eigenvalue weighted by Crippen LogP contribution is 2.39. The molecule has 3 aromatic carbocycles. The Balaban J connectivity index is 1.52. The number of aryl methyl sites for hydroxylation is 2. The van der Waals surface area contributed by atoms with E-state index in [1.165, 1.54) is 27.8 Å². The summed E-state index contributed by atoms with van der Waals surface area (Å²) < 4.78 is 32.5. The van der Waals surface area contributed by atoms with Crippen LogP contribution in [0.5, 0.6) is 0 Å². The average Bonchev–Trinajstić information content (AvgIpc) is 3.09. The molecule has 146 valence electrons. The van der Waals surface area contributed by atoms with Gasteiger partial charge in [0.25, 0.3) is 10.1 Å². The first kappa shape index (κ1) is 18.2. The van der Waals surface area contributed by atoms with Crippen LogP contribution in [0.3, 0.4) is 0 Å². The molecule has 0 aliphatic heterocycles. The van der Waals surface area contributed by atoms with E-state index in [1.807, 2.05) is 6.07 Å². The second-order valence-electron chi connectivity index (χ2n) is 7.24. The van der Waals surface area contributed by atoms with Gasteiger partial charge in [-0.15, -0.1) is 0 Å². The van der Waals surface area contributed by atoms with Gasteiger partial charge in [-0.25, -0.2) is 0 Å². The molecule has 0 atom stereocenters. The van der Waals surface area contributed by atoms with Crippen LogP contribution < -0.4 is 0 Å².